The Morgan fingerprint density at radius 1 is 1.43 bits per heavy atom. The number of ether oxygens (including phenoxy) is 2. The molecular formula is C14H16N3O3S. The fourth-order valence-corrected chi connectivity index (χ4v) is 2.50. The van der Waals surface area contributed by atoms with Gasteiger partial charge in [-0.05, 0) is 26.8 Å². The van der Waals surface area contributed by atoms with Crippen molar-refractivity contribution < 1.29 is 14.3 Å². The second kappa shape index (κ2) is 5.14. The monoisotopic (exact) mass is 306 g/mol. The molecule has 0 bridgehead atoms. The molecule has 7 heteroatoms. The Hall–Kier alpha value is -1.89. The van der Waals surface area contributed by atoms with Crippen molar-refractivity contribution in [1.29, 1.82) is 0 Å². The summed E-state index contributed by atoms with van der Waals surface area (Å²) in [5, 5.41) is 0. The van der Waals surface area contributed by atoms with Gasteiger partial charge in [-0.2, -0.15) is 0 Å². The van der Waals surface area contributed by atoms with E-state index in [1.54, 1.807) is 11.0 Å². The van der Waals surface area contributed by atoms with Crippen LogP contribution in [0.25, 0.3) is 10.3 Å². The highest BCUT2D eigenvalue weighted by Crippen LogP contribution is 2.22. The van der Waals surface area contributed by atoms with E-state index >= 15 is 0 Å². The molecule has 1 saturated heterocycles. The summed E-state index contributed by atoms with van der Waals surface area (Å²) in [7, 11) is 0. The summed E-state index contributed by atoms with van der Waals surface area (Å²) in [4.78, 5) is 22.6. The van der Waals surface area contributed by atoms with Crippen LogP contribution in [0.3, 0.4) is 0 Å². The number of amides is 1. The molecular weight excluding hydrogens is 290 g/mol. The molecule has 1 amide bonds. The fraction of sp³-hybridized carbons (Fsp3) is 0.500. The van der Waals surface area contributed by atoms with Gasteiger partial charge < -0.3 is 14.4 Å². The van der Waals surface area contributed by atoms with Crippen molar-refractivity contribution in [1.82, 2.24) is 14.9 Å². The van der Waals surface area contributed by atoms with Crippen LogP contribution in [0.4, 0.5) is 4.79 Å². The number of nitrogens with zero attached hydrogens (tertiary/aromatic N) is 3. The lowest BCUT2D eigenvalue weighted by Crippen LogP contribution is -2.57. The molecule has 0 aliphatic carbocycles. The molecule has 1 fully saturated rings. The number of likely N-dealkylation sites (tertiary alicyclic amines) is 1. The van der Waals surface area contributed by atoms with Crippen molar-refractivity contribution >= 4 is 27.8 Å². The molecule has 2 aromatic heterocycles. The van der Waals surface area contributed by atoms with Crippen LogP contribution >= 0.6 is 11.3 Å². The van der Waals surface area contributed by atoms with E-state index in [-0.39, 0.29) is 12.2 Å². The molecule has 111 valence electrons. The summed E-state index contributed by atoms with van der Waals surface area (Å²) >= 11 is 1.35. The first kappa shape index (κ1) is 14.1. The molecule has 0 spiro atoms. The van der Waals surface area contributed by atoms with E-state index in [2.05, 4.69) is 15.5 Å². The molecule has 1 aliphatic heterocycles. The van der Waals surface area contributed by atoms with Gasteiger partial charge in [-0.15, -0.1) is 0 Å². The molecule has 21 heavy (non-hydrogen) atoms. The van der Waals surface area contributed by atoms with Gasteiger partial charge in [-0.25, -0.2) is 14.8 Å². The maximum absolute atomic E-state index is 11.8. The maximum atomic E-state index is 11.8. The van der Waals surface area contributed by atoms with Crippen LogP contribution in [-0.4, -0.2) is 45.8 Å². The van der Waals surface area contributed by atoms with Crippen molar-refractivity contribution in [2.45, 2.75) is 32.5 Å². The first-order valence-electron chi connectivity index (χ1n) is 6.69. The molecule has 6 nitrogen and oxygen atoms in total. The first-order valence-corrected chi connectivity index (χ1v) is 7.50. The smallest absolute Gasteiger partial charge is 0.410 e. The van der Waals surface area contributed by atoms with Crippen LogP contribution in [0.2, 0.25) is 0 Å². The highest BCUT2D eigenvalue weighted by atomic mass is 32.1. The van der Waals surface area contributed by atoms with Crippen LogP contribution in [0.1, 0.15) is 20.8 Å². The van der Waals surface area contributed by atoms with Crippen molar-refractivity contribution in [3.8, 4) is 5.88 Å². The van der Waals surface area contributed by atoms with E-state index in [1.165, 1.54) is 11.3 Å². The van der Waals surface area contributed by atoms with Gasteiger partial charge in [0.15, 0.2) is 5.51 Å². The van der Waals surface area contributed by atoms with Gasteiger partial charge in [-0.1, -0.05) is 11.3 Å². The summed E-state index contributed by atoms with van der Waals surface area (Å²) < 4.78 is 11.0. The minimum absolute atomic E-state index is 0.0423. The summed E-state index contributed by atoms with van der Waals surface area (Å²) in [6.45, 7) is 6.59. The van der Waals surface area contributed by atoms with Gasteiger partial charge in [0.1, 0.15) is 22.1 Å². The van der Waals surface area contributed by atoms with E-state index < -0.39 is 5.60 Å². The standard InChI is InChI=1S/C14H16N3O3S/c1-14(2,3)20-13(18)17-6-9(7-17)19-11-5-4-10-12(16-11)21-8-15-10/h4-5,9H,6-7H2,1-3H3. The zero-order chi connectivity index (χ0) is 15.0. The first-order chi connectivity index (χ1) is 9.90. The average molecular weight is 306 g/mol. The number of pyridine rings is 1. The van der Waals surface area contributed by atoms with Crippen LogP contribution in [0, 0.1) is 5.51 Å². The Bertz CT molecular complexity index is 659. The molecule has 0 saturated carbocycles. The fourth-order valence-electron chi connectivity index (χ4n) is 1.92. The molecule has 1 radical (unpaired) electrons. The summed E-state index contributed by atoms with van der Waals surface area (Å²) in [5.74, 6) is 0.550. The Morgan fingerprint density at radius 2 is 2.19 bits per heavy atom. The zero-order valence-corrected chi connectivity index (χ0v) is 12.9. The Labute approximate surface area is 126 Å². The number of carbonyl (C=O) groups is 1. The van der Waals surface area contributed by atoms with Crippen molar-refractivity contribution in [3.63, 3.8) is 0 Å². The molecule has 1 aliphatic rings. The van der Waals surface area contributed by atoms with Crippen molar-refractivity contribution in [2.75, 3.05) is 13.1 Å². The van der Waals surface area contributed by atoms with E-state index in [0.717, 1.165) is 10.3 Å². The molecule has 0 N–H and O–H groups in total. The predicted octanol–water partition coefficient (Wildman–Crippen LogP) is 2.49. The number of thiazole rings is 1. The third-order valence-electron chi connectivity index (χ3n) is 2.91. The van der Waals surface area contributed by atoms with Crippen LogP contribution < -0.4 is 4.74 Å². The second-order valence-electron chi connectivity index (χ2n) is 5.90. The minimum atomic E-state index is -0.474. The number of hydrogen-bond donors (Lipinski definition) is 0. The summed E-state index contributed by atoms with van der Waals surface area (Å²) in [6.07, 6.45) is -0.345. The number of carbonyl (C=O) groups excluding carboxylic acids is 1. The largest absolute Gasteiger partial charge is 0.471 e. The molecule has 3 rings (SSSR count). The predicted molar refractivity (Wildman–Crippen MR) is 78.5 cm³/mol. The Kier molecular flexibility index (Phi) is 3.44. The molecule has 0 atom stereocenters. The molecule has 2 aromatic rings. The Balaban J connectivity index is 1.53. The lowest BCUT2D eigenvalue weighted by Gasteiger charge is -2.39. The lowest BCUT2D eigenvalue weighted by molar-refractivity contribution is -0.0231. The van der Waals surface area contributed by atoms with Crippen LogP contribution in [0.5, 0.6) is 5.88 Å². The number of fused-ring (bicyclic) bond motifs is 1. The highest BCUT2D eigenvalue weighted by molar-refractivity contribution is 7.15. The highest BCUT2D eigenvalue weighted by Gasteiger charge is 2.35. The summed E-state index contributed by atoms with van der Waals surface area (Å²) in [5.41, 5.74) is 3.14. The number of aromatic nitrogens is 2. The SMILES string of the molecule is CC(C)(C)OC(=O)N1CC(Oc2ccc3n[c]sc3n2)C1. The van der Waals surface area contributed by atoms with Gasteiger partial charge in [0.2, 0.25) is 5.88 Å². The topological polar surface area (TPSA) is 64.5 Å². The minimum Gasteiger partial charge on any atom is -0.471 e. The summed E-state index contributed by atoms with van der Waals surface area (Å²) in [6, 6.07) is 3.64. The van der Waals surface area contributed by atoms with Crippen molar-refractivity contribution in [3.05, 3.63) is 17.6 Å². The third kappa shape index (κ3) is 3.24. The van der Waals surface area contributed by atoms with Gasteiger partial charge in [-0.3, -0.25) is 0 Å². The van der Waals surface area contributed by atoms with E-state index in [4.69, 9.17) is 9.47 Å². The van der Waals surface area contributed by atoms with Crippen LogP contribution in [0.15, 0.2) is 12.1 Å². The van der Waals surface area contributed by atoms with E-state index in [0.29, 0.717) is 19.0 Å². The average Bonchev–Trinajstić information content (AvgIpc) is 2.77. The van der Waals surface area contributed by atoms with Crippen LogP contribution in [-0.2, 0) is 4.74 Å². The van der Waals surface area contributed by atoms with Gasteiger partial charge >= 0.3 is 6.09 Å². The maximum Gasteiger partial charge on any atom is 0.410 e. The number of hydrogen-bond acceptors (Lipinski definition) is 6. The van der Waals surface area contributed by atoms with Crippen molar-refractivity contribution in [2.24, 2.45) is 0 Å². The quantitative estimate of drug-likeness (QED) is 0.853. The van der Waals surface area contributed by atoms with Gasteiger partial charge in [0, 0.05) is 6.07 Å². The molecule has 0 aromatic carbocycles. The number of rotatable bonds is 2. The lowest BCUT2D eigenvalue weighted by atomic mass is 10.2. The third-order valence-corrected chi connectivity index (χ3v) is 3.59. The normalized spacial score (nSPS) is 15.9. The molecule has 0 unspecified atom stereocenters. The van der Waals surface area contributed by atoms with Gasteiger partial charge in [0.05, 0.1) is 13.1 Å². The molecule has 3 heterocycles. The zero-order valence-electron chi connectivity index (χ0n) is 12.1. The Morgan fingerprint density at radius 3 is 2.90 bits per heavy atom. The van der Waals surface area contributed by atoms with E-state index in [9.17, 15) is 4.79 Å². The van der Waals surface area contributed by atoms with E-state index in [1.807, 2.05) is 26.8 Å². The van der Waals surface area contributed by atoms with Gasteiger partial charge in [0.25, 0.3) is 0 Å². The second-order valence-corrected chi connectivity index (χ2v) is 6.68.